The molecule has 1 aliphatic rings. The summed E-state index contributed by atoms with van der Waals surface area (Å²) >= 11 is 1.67. The fourth-order valence-electron chi connectivity index (χ4n) is 2.71. The number of rotatable bonds is 7. The van der Waals surface area contributed by atoms with Crippen LogP contribution in [0.15, 0.2) is 35.2 Å². The number of benzene rings is 1. The lowest BCUT2D eigenvalue weighted by Crippen LogP contribution is -2.49. The lowest BCUT2D eigenvalue weighted by Gasteiger charge is -2.36. The number of amides is 1. The second kappa shape index (κ2) is 8.70. The molecule has 0 aliphatic carbocycles. The third-order valence-electron chi connectivity index (χ3n) is 3.86. The van der Waals surface area contributed by atoms with E-state index in [0.717, 1.165) is 42.7 Å². The highest BCUT2D eigenvalue weighted by Crippen LogP contribution is 2.21. The van der Waals surface area contributed by atoms with Crippen molar-refractivity contribution < 1.29 is 13.2 Å². The van der Waals surface area contributed by atoms with Crippen molar-refractivity contribution in [2.45, 2.75) is 36.6 Å². The fourth-order valence-corrected chi connectivity index (χ4v) is 4.06. The van der Waals surface area contributed by atoms with Gasteiger partial charge in [0.15, 0.2) is 0 Å². The number of piperidine rings is 1. The molecule has 1 N–H and O–H groups in total. The number of hydrogen-bond donors (Lipinski definition) is 1. The van der Waals surface area contributed by atoms with Crippen LogP contribution in [0.2, 0.25) is 0 Å². The van der Waals surface area contributed by atoms with E-state index in [1.165, 1.54) is 0 Å². The fraction of sp³-hybridized carbons (Fsp3) is 0.562. The maximum atomic E-state index is 12.5. The van der Waals surface area contributed by atoms with Gasteiger partial charge in [0, 0.05) is 36.2 Å². The molecule has 0 aromatic heterocycles. The summed E-state index contributed by atoms with van der Waals surface area (Å²) in [5.74, 6) is 0.861. The normalized spacial score (nSPS) is 18.8. The van der Waals surface area contributed by atoms with E-state index in [1.54, 1.807) is 11.8 Å². The van der Waals surface area contributed by atoms with Gasteiger partial charge >= 0.3 is 0 Å². The van der Waals surface area contributed by atoms with Gasteiger partial charge in [-0.05, 0) is 31.4 Å². The third-order valence-corrected chi connectivity index (χ3v) is 5.56. The number of sulfonamides is 1. The Bertz CT molecular complexity index is 605. The number of thioether (sulfide) groups is 1. The van der Waals surface area contributed by atoms with Crippen LogP contribution in [0.25, 0.3) is 0 Å². The van der Waals surface area contributed by atoms with E-state index >= 15 is 0 Å². The highest BCUT2D eigenvalue weighted by molar-refractivity contribution is 7.99. The summed E-state index contributed by atoms with van der Waals surface area (Å²) < 4.78 is 25.1. The Balaban J connectivity index is 1.82. The maximum absolute atomic E-state index is 12.5. The van der Waals surface area contributed by atoms with Crippen LogP contribution in [0.1, 0.15) is 25.7 Å². The average Bonchev–Trinajstić information content (AvgIpc) is 2.53. The molecule has 1 aromatic carbocycles. The first kappa shape index (κ1) is 18.3. The first-order valence-corrected chi connectivity index (χ1v) is 10.8. The van der Waals surface area contributed by atoms with Crippen molar-refractivity contribution in [3.8, 4) is 0 Å². The number of carbonyl (C=O) groups excluding carboxylic acids is 1. The van der Waals surface area contributed by atoms with Gasteiger partial charge in [-0.15, -0.1) is 11.8 Å². The third kappa shape index (κ3) is 6.53. The summed E-state index contributed by atoms with van der Waals surface area (Å²) in [6.07, 6.45) is 4.53. The Morgan fingerprint density at radius 3 is 2.74 bits per heavy atom. The van der Waals surface area contributed by atoms with Crippen LogP contribution in [0, 0.1) is 0 Å². The number of likely N-dealkylation sites (tertiary alicyclic amines) is 1. The number of nitrogens with one attached hydrogen (secondary N) is 1. The first-order valence-electron chi connectivity index (χ1n) is 7.87. The van der Waals surface area contributed by atoms with Crippen molar-refractivity contribution >= 4 is 27.7 Å². The van der Waals surface area contributed by atoms with Crippen molar-refractivity contribution in [2.75, 3.05) is 25.1 Å². The van der Waals surface area contributed by atoms with Gasteiger partial charge in [0.25, 0.3) is 0 Å². The largest absolute Gasteiger partial charge is 0.338 e. The summed E-state index contributed by atoms with van der Waals surface area (Å²) in [5, 5.41) is 0. The summed E-state index contributed by atoms with van der Waals surface area (Å²) in [4.78, 5) is 15.5. The highest BCUT2D eigenvalue weighted by Gasteiger charge is 2.26. The Hall–Kier alpha value is -1.05. The van der Waals surface area contributed by atoms with Gasteiger partial charge < -0.3 is 4.90 Å². The molecule has 1 saturated heterocycles. The SMILES string of the molecule is CS(=O)(=O)NCC1CCCCN1C(=O)CCSc1ccccc1. The van der Waals surface area contributed by atoms with Gasteiger partial charge in [0.05, 0.1) is 6.26 Å². The number of hydrogen-bond acceptors (Lipinski definition) is 4. The zero-order valence-corrected chi connectivity index (χ0v) is 15.0. The zero-order chi connectivity index (χ0) is 16.7. The minimum Gasteiger partial charge on any atom is -0.338 e. The molecule has 1 unspecified atom stereocenters. The smallest absolute Gasteiger partial charge is 0.223 e. The molecule has 23 heavy (non-hydrogen) atoms. The monoisotopic (exact) mass is 356 g/mol. The second-order valence-corrected chi connectivity index (χ2v) is 8.77. The predicted octanol–water partition coefficient (Wildman–Crippen LogP) is 2.10. The van der Waals surface area contributed by atoms with E-state index in [4.69, 9.17) is 0 Å². The first-order chi connectivity index (χ1) is 11.0. The van der Waals surface area contributed by atoms with Crippen LogP contribution in [0.4, 0.5) is 0 Å². The molecule has 1 heterocycles. The molecule has 2 rings (SSSR count). The molecule has 1 aromatic rings. The van der Waals surface area contributed by atoms with E-state index < -0.39 is 10.0 Å². The molecule has 0 saturated carbocycles. The minimum absolute atomic E-state index is 0.0206. The standard InChI is InChI=1S/C16H24N2O3S2/c1-23(20,21)17-13-14-7-5-6-11-18(14)16(19)10-12-22-15-8-3-2-4-9-15/h2-4,8-9,14,17H,5-7,10-13H2,1H3. The van der Waals surface area contributed by atoms with E-state index in [9.17, 15) is 13.2 Å². The Morgan fingerprint density at radius 1 is 1.30 bits per heavy atom. The molecule has 1 aliphatic heterocycles. The molecule has 7 heteroatoms. The summed E-state index contributed by atoms with van der Waals surface area (Å²) in [6, 6.07) is 10.0. The molecular formula is C16H24N2O3S2. The highest BCUT2D eigenvalue weighted by atomic mass is 32.2. The van der Waals surface area contributed by atoms with Crippen LogP contribution in [-0.4, -0.2) is 50.4 Å². The Morgan fingerprint density at radius 2 is 2.04 bits per heavy atom. The molecule has 0 radical (unpaired) electrons. The molecule has 1 fully saturated rings. The average molecular weight is 357 g/mol. The second-order valence-electron chi connectivity index (χ2n) is 5.77. The molecule has 1 atom stereocenters. The van der Waals surface area contributed by atoms with Gasteiger partial charge in [-0.3, -0.25) is 4.79 Å². The molecule has 128 valence electrons. The van der Waals surface area contributed by atoms with Crippen molar-refractivity contribution in [2.24, 2.45) is 0 Å². The predicted molar refractivity (Wildman–Crippen MR) is 94.0 cm³/mol. The zero-order valence-electron chi connectivity index (χ0n) is 13.4. The summed E-state index contributed by atoms with van der Waals surface area (Å²) in [5.41, 5.74) is 0. The van der Waals surface area contributed by atoms with Crippen molar-refractivity contribution in [1.29, 1.82) is 0 Å². The lowest BCUT2D eigenvalue weighted by atomic mass is 10.0. The topological polar surface area (TPSA) is 66.5 Å². The summed E-state index contributed by atoms with van der Waals surface area (Å²) in [7, 11) is -3.22. The van der Waals surface area contributed by atoms with Gasteiger partial charge in [-0.1, -0.05) is 18.2 Å². The lowest BCUT2D eigenvalue weighted by molar-refractivity contribution is -0.134. The van der Waals surface area contributed by atoms with Gasteiger partial charge in [0.2, 0.25) is 15.9 Å². The number of carbonyl (C=O) groups is 1. The van der Waals surface area contributed by atoms with E-state index in [1.807, 2.05) is 35.2 Å². The van der Waals surface area contributed by atoms with E-state index in [-0.39, 0.29) is 11.9 Å². The minimum atomic E-state index is -3.22. The van der Waals surface area contributed by atoms with Crippen LogP contribution in [0.5, 0.6) is 0 Å². The van der Waals surface area contributed by atoms with Crippen molar-refractivity contribution in [3.63, 3.8) is 0 Å². The van der Waals surface area contributed by atoms with Gasteiger partial charge in [-0.25, -0.2) is 13.1 Å². The quantitative estimate of drug-likeness (QED) is 0.760. The maximum Gasteiger partial charge on any atom is 0.223 e. The van der Waals surface area contributed by atoms with Gasteiger partial charge in [-0.2, -0.15) is 0 Å². The molecule has 1 amide bonds. The Labute approximate surface area is 142 Å². The van der Waals surface area contributed by atoms with Crippen LogP contribution in [0.3, 0.4) is 0 Å². The summed E-state index contributed by atoms with van der Waals surface area (Å²) in [6.45, 7) is 1.04. The molecular weight excluding hydrogens is 332 g/mol. The van der Waals surface area contributed by atoms with Gasteiger partial charge in [0.1, 0.15) is 0 Å². The van der Waals surface area contributed by atoms with Crippen LogP contribution >= 0.6 is 11.8 Å². The molecule has 5 nitrogen and oxygen atoms in total. The molecule has 0 spiro atoms. The van der Waals surface area contributed by atoms with E-state index in [0.29, 0.717) is 13.0 Å². The Kier molecular flexibility index (Phi) is 6.92. The van der Waals surface area contributed by atoms with Crippen LogP contribution in [-0.2, 0) is 14.8 Å². The van der Waals surface area contributed by atoms with Crippen molar-refractivity contribution in [3.05, 3.63) is 30.3 Å². The molecule has 0 bridgehead atoms. The van der Waals surface area contributed by atoms with Crippen molar-refractivity contribution in [1.82, 2.24) is 9.62 Å². The van der Waals surface area contributed by atoms with Crippen LogP contribution < -0.4 is 4.72 Å². The van der Waals surface area contributed by atoms with E-state index in [2.05, 4.69) is 4.72 Å². The number of nitrogens with zero attached hydrogens (tertiary/aromatic N) is 1.